The van der Waals surface area contributed by atoms with Crippen molar-refractivity contribution in [1.29, 1.82) is 0 Å². The molecule has 0 aliphatic carbocycles. The Bertz CT molecular complexity index is 528. The van der Waals surface area contributed by atoms with E-state index in [0.717, 1.165) is 16.0 Å². The number of nitrogens with two attached hydrogens (primary N) is 1. The molecule has 22 heavy (non-hydrogen) atoms. The molecule has 0 saturated heterocycles. The summed E-state index contributed by atoms with van der Waals surface area (Å²) >= 11 is 0. The number of hydrogen-bond donors (Lipinski definition) is 2. The molecule has 1 aromatic carbocycles. The maximum Gasteiger partial charge on any atom is 0.325 e. The summed E-state index contributed by atoms with van der Waals surface area (Å²) in [7, 11) is 0. The molecule has 0 unspecified atom stereocenters. The second-order valence-electron chi connectivity index (χ2n) is 4.69. The Hall–Kier alpha value is -2.57. The summed E-state index contributed by atoms with van der Waals surface area (Å²) in [5.41, 5.74) is 7.17. The van der Waals surface area contributed by atoms with Crippen molar-refractivity contribution in [3.8, 4) is 0 Å². The average molecular weight is 307 g/mol. The first-order valence-electron chi connectivity index (χ1n) is 7.00. The van der Waals surface area contributed by atoms with Crippen LogP contribution < -0.4 is 11.1 Å². The molecule has 1 aromatic rings. The lowest BCUT2D eigenvalue weighted by Crippen LogP contribution is -2.47. The minimum absolute atomic E-state index is 0.0886. The minimum Gasteiger partial charge on any atom is -0.466 e. The highest BCUT2D eigenvalue weighted by Crippen LogP contribution is 2.03. The van der Waals surface area contributed by atoms with Crippen LogP contribution in [-0.4, -0.2) is 36.1 Å². The van der Waals surface area contributed by atoms with Gasteiger partial charge in [0.15, 0.2) is 0 Å². The molecule has 0 aliphatic heterocycles. The Morgan fingerprint density at radius 1 is 1.23 bits per heavy atom. The van der Waals surface area contributed by atoms with E-state index in [0.29, 0.717) is 0 Å². The van der Waals surface area contributed by atoms with Crippen LogP contribution in [-0.2, 0) is 16.1 Å². The zero-order valence-corrected chi connectivity index (χ0v) is 12.8. The van der Waals surface area contributed by atoms with Gasteiger partial charge in [0, 0.05) is 13.1 Å². The second-order valence-corrected chi connectivity index (χ2v) is 4.69. The summed E-state index contributed by atoms with van der Waals surface area (Å²) in [4.78, 5) is 35.3. The van der Waals surface area contributed by atoms with Crippen molar-refractivity contribution < 1.29 is 19.1 Å². The maximum atomic E-state index is 12.0. The molecule has 0 heterocycles. The zero-order valence-electron chi connectivity index (χ0n) is 12.8. The molecule has 0 aliphatic rings. The molecule has 120 valence electrons. The molecule has 4 amide bonds. The van der Waals surface area contributed by atoms with Crippen molar-refractivity contribution in [3.05, 3.63) is 35.4 Å². The Balaban J connectivity index is 2.52. The molecule has 3 N–H and O–H groups in total. The highest BCUT2D eigenvalue weighted by molar-refractivity contribution is 5.93. The fraction of sp³-hybridized carbons (Fsp3) is 0.400. The second kappa shape index (κ2) is 8.66. The first kappa shape index (κ1) is 17.5. The van der Waals surface area contributed by atoms with E-state index >= 15 is 0 Å². The molecular formula is C15H21N3O4. The Morgan fingerprint density at radius 2 is 1.86 bits per heavy atom. The zero-order chi connectivity index (χ0) is 16.5. The quantitative estimate of drug-likeness (QED) is 0.778. The summed E-state index contributed by atoms with van der Waals surface area (Å²) < 4.78 is 4.74. The molecule has 0 spiro atoms. The molecule has 0 atom stereocenters. The van der Waals surface area contributed by atoms with Gasteiger partial charge in [-0.05, 0) is 19.4 Å². The number of urea groups is 2. The summed E-state index contributed by atoms with van der Waals surface area (Å²) in [6.45, 7) is 4.04. The van der Waals surface area contributed by atoms with Gasteiger partial charge in [-0.1, -0.05) is 29.8 Å². The van der Waals surface area contributed by atoms with E-state index < -0.39 is 18.0 Å². The number of carbonyl (C=O) groups excluding carboxylic acids is 3. The normalized spacial score (nSPS) is 9.91. The van der Waals surface area contributed by atoms with Gasteiger partial charge in [-0.2, -0.15) is 0 Å². The number of esters is 1. The Kier molecular flexibility index (Phi) is 6.88. The first-order valence-corrected chi connectivity index (χ1v) is 7.00. The number of carbonyl (C=O) groups is 3. The van der Waals surface area contributed by atoms with E-state index in [-0.39, 0.29) is 26.1 Å². The highest BCUT2D eigenvalue weighted by Gasteiger charge is 2.19. The van der Waals surface area contributed by atoms with Crippen LogP contribution in [0.3, 0.4) is 0 Å². The molecule has 0 radical (unpaired) electrons. The Labute approximate surface area is 129 Å². The van der Waals surface area contributed by atoms with E-state index in [2.05, 4.69) is 5.32 Å². The SMILES string of the molecule is CCOC(=O)CCN(C(N)=O)C(=O)NCc1ccc(C)cc1. The molecule has 7 nitrogen and oxygen atoms in total. The highest BCUT2D eigenvalue weighted by atomic mass is 16.5. The van der Waals surface area contributed by atoms with Crippen molar-refractivity contribution in [2.24, 2.45) is 5.73 Å². The van der Waals surface area contributed by atoms with Gasteiger partial charge in [-0.15, -0.1) is 0 Å². The van der Waals surface area contributed by atoms with Crippen LogP contribution in [0.2, 0.25) is 0 Å². The van der Waals surface area contributed by atoms with E-state index in [4.69, 9.17) is 10.5 Å². The largest absolute Gasteiger partial charge is 0.466 e. The molecule has 0 saturated carbocycles. The van der Waals surface area contributed by atoms with Crippen molar-refractivity contribution in [3.63, 3.8) is 0 Å². The number of benzene rings is 1. The number of hydrogen-bond acceptors (Lipinski definition) is 4. The van der Waals surface area contributed by atoms with Crippen LogP contribution in [0.4, 0.5) is 9.59 Å². The number of nitrogens with zero attached hydrogens (tertiary/aromatic N) is 1. The molecular weight excluding hydrogens is 286 g/mol. The lowest BCUT2D eigenvalue weighted by atomic mass is 10.1. The smallest absolute Gasteiger partial charge is 0.325 e. The molecule has 1 rings (SSSR count). The maximum absolute atomic E-state index is 12.0. The third-order valence-corrected chi connectivity index (χ3v) is 2.92. The van der Waals surface area contributed by atoms with E-state index in [1.54, 1.807) is 6.92 Å². The summed E-state index contributed by atoms with van der Waals surface area (Å²) in [5.74, 6) is -0.486. The lowest BCUT2D eigenvalue weighted by Gasteiger charge is -2.18. The molecule has 0 bridgehead atoms. The van der Waals surface area contributed by atoms with Gasteiger partial charge in [0.1, 0.15) is 0 Å². The van der Waals surface area contributed by atoms with Crippen LogP contribution in [0.5, 0.6) is 0 Å². The van der Waals surface area contributed by atoms with Crippen molar-refractivity contribution in [1.82, 2.24) is 10.2 Å². The monoisotopic (exact) mass is 307 g/mol. The topological polar surface area (TPSA) is 102 Å². The van der Waals surface area contributed by atoms with E-state index in [9.17, 15) is 14.4 Å². The lowest BCUT2D eigenvalue weighted by molar-refractivity contribution is -0.143. The Morgan fingerprint density at radius 3 is 2.41 bits per heavy atom. The van der Waals surface area contributed by atoms with Crippen LogP contribution in [0.1, 0.15) is 24.5 Å². The van der Waals surface area contributed by atoms with Gasteiger partial charge in [0.05, 0.1) is 13.0 Å². The molecule has 7 heteroatoms. The summed E-state index contributed by atoms with van der Waals surface area (Å²) in [6.07, 6.45) is -0.0886. The van der Waals surface area contributed by atoms with Crippen molar-refractivity contribution >= 4 is 18.0 Å². The standard InChI is InChI=1S/C15H21N3O4/c1-3-22-13(19)8-9-18(14(16)20)15(21)17-10-12-6-4-11(2)5-7-12/h4-7H,3,8-10H2,1-2H3,(H2,16,20)(H,17,21). The number of rotatable bonds is 6. The molecule has 0 aromatic heterocycles. The van der Waals surface area contributed by atoms with Gasteiger partial charge < -0.3 is 15.8 Å². The van der Waals surface area contributed by atoms with Crippen LogP contribution in [0.25, 0.3) is 0 Å². The van der Waals surface area contributed by atoms with Crippen LogP contribution in [0, 0.1) is 6.92 Å². The summed E-state index contributed by atoms with van der Waals surface area (Å²) in [5, 5.41) is 2.59. The van der Waals surface area contributed by atoms with Gasteiger partial charge in [-0.25, -0.2) is 14.5 Å². The third kappa shape index (κ3) is 5.82. The van der Waals surface area contributed by atoms with Gasteiger partial charge >= 0.3 is 18.0 Å². The van der Waals surface area contributed by atoms with Crippen molar-refractivity contribution in [2.45, 2.75) is 26.8 Å². The fourth-order valence-corrected chi connectivity index (χ4v) is 1.73. The number of amides is 4. The van der Waals surface area contributed by atoms with Crippen LogP contribution >= 0.6 is 0 Å². The average Bonchev–Trinajstić information content (AvgIpc) is 2.46. The third-order valence-electron chi connectivity index (χ3n) is 2.92. The summed E-state index contributed by atoms with van der Waals surface area (Å²) in [6, 6.07) is 6.05. The van der Waals surface area contributed by atoms with Crippen LogP contribution in [0.15, 0.2) is 24.3 Å². The number of primary amides is 1. The predicted octanol–water partition coefficient (Wildman–Crippen LogP) is 1.54. The van der Waals surface area contributed by atoms with Crippen molar-refractivity contribution in [2.75, 3.05) is 13.2 Å². The van der Waals surface area contributed by atoms with Gasteiger partial charge in [0.2, 0.25) is 0 Å². The minimum atomic E-state index is -0.911. The van der Waals surface area contributed by atoms with Gasteiger partial charge in [0.25, 0.3) is 0 Å². The molecule has 0 fully saturated rings. The first-order chi connectivity index (χ1) is 10.4. The number of ether oxygens (including phenoxy) is 1. The van der Waals surface area contributed by atoms with Gasteiger partial charge in [-0.3, -0.25) is 4.79 Å². The number of nitrogens with one attached hydrogen (secondary N) is 1. The predicted molar refractivity (Wildman–Crippen MR) is 81.0 cm³/mol. The number of aryl methyl sites for hydroxylation is 1. The van der Waals surface area contributed by atoms with E-state index in [1.165, 1.54) is 0 Å². The fourth-order valence-electron chi connectivity index (χ4n) is 1.73. The van der Waals surface area contributed by atoms with E-state index in [1.807, 2.05) is 31.2 Å². The number of imide groups is 1.